The molecule has 3 heterocycles. The van der Waals surface area contributed by atoms with Gasteiger partial charge in [-0.05, 0) is 49.8 Å². The Balaban J connectivity index is 1.25. The molecule has 2 N–H and O–H groups in total. The van der Waals surface area contributed by atoms with Crippen molar-refractivity contribution in [1.82, 2.24) is 20.2 Å². The molecule has 3 amide bonds. The summed E-state index contributed by atoms with van der Waals surface area (Å²) in [6.45, 7) is 1.01. The lowest BCUT2D eigenvalue weighted by Crippen LogP contribution is -2.54. The second-order valence-corrected chi connectivity index (χ2v) is 9.38. The van der Waals surface area contributed by atoms with Crippen molar-refractivity contribution < 1.29 is 23.9 Å². The highest BCUT2D eigenvalue weighted by Crippen LogP contribution is 2.33. The number of anilines is 1. The van der Waals surface area contributed by atoms with E-state index in [0.717, 1.165) is 13.0 Å². The van der Waals surface area contributed by atoms with E-state index in [0.29, 0.717) is 35.8 Å². The van der Waals surface area contributed by atoms with E-state index in [1.807, 2.05) is 0 Å². The van der Waals surface area contributed by atoms with Crippen molar-refractivity contribution in [2.75, 3.05) is 25.5 Å². The van der Waals surface area contributed by atoms with Gasteiger partial charge in [-0.3, -0.25) is 19.4 Å². The largest absolute Gasteiger partial charge is 0.490 e. The lowest BCUT2D eigenvalue weighted by atomic mass is 9.94. The number of likely N-dealkylation sites (N-methyl/N-ethyl adjacent to an activating group) is 1. The second kappa shape index (κ2) is 9.99. The lowest BCUT2D eigenvalue weighted by Gasteiger charge is -2.42. The number of amides is 3. The summed E-state index contributed by atoms with van der Waals surface area (Å²) in [6.07, 6.45) is 7.89. The number of carbonyl (C=O) groups is 3. The van der Waals surface area contributed by atoms with Gasteiger partial charge < -0.3 is 25.0 Å². The number of hydrogen-bond acceptors (Lipinski definition) is 7. The molecular formula is C25H29N5O5. The Labute approximate surface area is 203 Å². The number of benzene rings is 1. The maximum Gasteiger partial charge on any atom is 0.275 e. The molecule has 0 unspecified atom stereocenters. The third-order valence-electron chi connectivity index (χ3n) is 6.76. The van der Waals surface area contributed by atoms with Crippen LogP contribution >= 0.6 is 0 Å². The summed E-state index contributed by atoms with van der Waals surface area (Å²) in [5.74, 6) is 0.437. The van der Waals surface area contributed by atoms with Gasteiger partial charge in [-0.2, -0.15) is 0 Å². The highest BCUT2D eigenvalue weighted by Gasteiger charge is 2.39. The first-order valence-electron chi connectivity index (χ1n) is 12.0. The lowest BCUT2D eigenvalue weighted by molar-refractivity contribution is -0.134. The average molecular weight is 480 g/mol. The fraction of sp³-hybridized carbons (Fsp3) is 0.480. The molecule has 3 aliphatic rings. The van der Waals surface area contributed by atoms with Gasteiger partial charge in [-0.25, -0.2) is 4.98 Å². The Bertz CT molecular complexity index is 1110. The van der Waals surface area contributed by atoms with Crippen LogP contribution in [0.5, 0.6) is 5.75 Å². The van der Waals surface area contributed by atoms with Crippen LogP contribution in [-0.4, -0.2) is 71.0 Å². The van der Waals surface area contributed by atoms with Crippen LogP contribution in [0.4, 0.5) is 5.69 Å². The van der Waals surface area contributed by atoms with Gasteiger partial charge in [0.2, 0.25) is 5.91 Å². The minimum absolute atomic E-state index is 0.0120. The molecular weight excluding hydrogens is 450 g/mol. The van der Waals surface area contributed by atoms with E-state index in [1.54, 1.807) is 30.1 Å². The third kappa shape index (κ3) is 5.43. The molecule has 184 valence electrons. The van der Waals surface area contributed by atoms with Crippen molar-refractivity contribution in [2.24, 2.45) is 5.92 Å². The summed E-state index contributed by atoms with van der Waals surface area (Å²) >= 11 is 0. The molecule has 0 radical (unpaired) electrons. The van der Waals surface area contributed by atoms with Crippen molar-refractivity contribution >= 4 is 23.4 Å². The van der Waals surface area contributed by atoms with Crippen molar-refractivity contribution in [3.63, 3.8) is 0 Å². The van der Waals surface area contributed by atoms with Crippen molar-refractivity contribution in [3.8, 4) is 5.75 Å². The Morgan fingerprint density at radius 3 is 2.80 bits per heavy atom. The first-order valence-corrected chi connectivity index (χ1v) is 12.0. The van der Waals surface area contributed by atoms with E-state index in [-0.39, 0.29) is 42.4 Å². The Morgan fingerprint density at radius 1 is 1.17 bits per heavy atom. The van der Waals surface area contributed by atoms with Gasteiger partial charge in [0.15, 0.2) is 0 Å². The molecule has 1 aromatic heterocycles. The molecule has 0 bridgehead atoms. The van der Waals surface area contributed by atoms with Crippen molar-refractivity contribution in [2.45, 2.75) is 50.4 Å². The van der Waals surface area contributed by atoms with E-state index in [4.69, 9.17) is 9.47 Å². The van der Waals surface area contributed by atoms with Crippen LogP contribution in [0.3, 0.4) is 0 Å². The molecule has 10 nitrogen and oxygen atoms in total. The monoisotopic (exact) mass is 479 g/mol. The third-order valence-corrected chi connectivity index (χ3v) is 6.76. The smallest absolute Gasteiger partial charge is 0.275 e. The van der Waals surface area contributed by atoms with Crippen LogP contribution in [0, 0.1) is 5.92 Å². The Morgan fingerprint density at radius 2 is 2.03 bits per heavy atom. The molecule has 2 aromatic rings. The molecule has 35 heavy (non-hydrogen) atoms. The maximum absolute atomic E-state index is 13.4. The first-order chi connectivity index (χ1) is 17.0. The molecule has 1 aliphatic carbocycles. The SMILES string of the molecule is CN1C(=O)c2cc(NC(=O)c3cnccn3)ccc2OC[C@H]2O[C@@H](CC(=O)NCC3CC3)CC[C@H]21. The van der Waals surface area contributed by atoms with Gasteiger partial charge in [0.25, 0.3) is 11.8 Å². The summed E-state index contributed by atoms with van der Waals surface area (Å²) in [7, 11) is 1.76. The van der Waals surface area contributed by atoms with Crippen LogP contribution in [0.25, 0.3) is 0 Å². The van der Waals surface area contributed by atoms with Crippen LogP contribution in [-0.2, 0) is 9.53 Å². The van der Waals surface area contributed by atoms with Gasteiger partial charge in [0, 0.05) is 31.7 Å². The standard InChI is InChI=1S/C25H29N5O5/c1-30-20-6-5-17(11-23(31)28-12-15-2-3-15)35-22(20)14-34-21-7-4-16(10-18(21)25(30)33)29-24(32)19-13-26-8-9-27-19/h4,7-10,13,15,17,20,22H,2-3,5-6,11-12,14H2,1H3,(H,28,31)(H,29,32)/t17-,20-,22-/m1/s1. The summed E-state index contributed by atoms with van der Waals surface area (Å²) in [5, 5.41) is 5.74. The molecule has 0 spiro atoms. The van der Waals surface area contributed by atoms with E-state index in [9.17, 15) is 14.4 Å². The zero-order valence-corrected chi connectivity index (χ0v) is 19.6. The minimum atomic E-state index is -0.418. The minimum Gasteiger partial charge on any atom is -0.490 e. The second-order valence-electron chi connectivity index (χ2n) is 9.38. The van der Waals surface area contributed by atoms with Crippen molar-refractivity contribution in [3.05, 3.63) is 48.0 Å². The van der Waals surface area contributed by atoms with E-state index >= 15 is 0 Å². The predicted molar refractivity (Wildman–Crippen MR) is 126 cm³/mol. The average Bonchev–Trinajstić information content (AvgIpc) is 3.70. The number of aromatic nitrogens is 2. The van der Waals surface area contributed by atoms with E-state index in [1.165, 1.54) is 31.4 Å². The normalized spacial score (nSPS) is 23.7. The van der Waals surface area contributed by atoms with Crippen LogP contribution in [0.2, 0.25) is 0 Å². The highest BCUT2D eigenvalue weighted by molar-refractivity contribution is 6.04. The zero-order chi connectivity index (χ0) is 24.4. The number of ether oxygens (including phenoxy) is 2. The number of fused-ring (bicyclic) bond motifs is 2. The molecule has 2 fully saturated rings. The van der Waals surface area contributed by atoms with Gasteiger partial charge in [0.1, 0.15) is 24.2 Å². The first kappa shape index (κ1) is 23.2. The molecule has 5 rings (SSSR count). The highest BCUT2D eigenvalue weighted by atomic mass is 16.5. The number of nitrogens with zero attached hydrogens (tertiary/aromatic N) is 3. The van der Waals surface area contributed by atoms with Gasteiger partial charge >= 0.3 is 0 Å². The Kier molecular flexibility index (Phi) is 6.63. The molecule has 2 aliphatic heterocycles. The summed E-state index contributed by atoms with van der Waals surface area (Å²) in [5.41, 5.74) is 1.00. The number of carbonyl (C=O) groups excluding carboxylic acids is 3. The van der Waals surface area contributed by atoms with Crippen LogP contribution < -0.4 is 15.4 Å². The van der Waals surface area contributed by atoms with Crippen LogP contribution in [0.15, 0.2) is 36.8 Å². The number of hydrogen-bond donors (Lipinski definition) is 2. The maximum atomic E-state index is 13.4. The van der Waals surface area contributed by atoms with Crippen LogP contribution in [0.1, 0.15) is 53.0 Å². The van der Waals surface area contributed by atoms with Gasteiger partial charge in [0.05, 0.1) is 30.3 Å². The van der Waals surface area contributed by atoms with Gasteiger partial charge in [-0.15, -0.1) is 0 Å². The zero-order valence-electron chi connectivity index (χ0n) is 19.6. The molecule has 3 atom stereocenters. The van der Waals surface area contributed by atoms with Crippen molar-refractivity contribution in [1.29, 1.82) is 0 Å². The summed E-state index contributed by atoms with van der Waals surface area (Å²) in [4.78, 5) is 47.7. The summed E-state index contributed by atoms with van der Waals surface area (Å²) < 4.78 is 12.2. The quantitative estimate of drug-likeness (QED) is 0.650. The Hall–Kier alpha value is -3.53. The molecule has 10 heteroatoms. The van der Waals surface area contributed by atoms with Gasteiger partial charge in [-0.1, -0.05) is 0 Å². The molecule has 1 saturated carbocycles. The number of nitrogens with one attached hydrogen (secondary N) is 2. The molecule has 1 aromatic carbocycles. The topological polar surface area (TPSA) is 123 Å². The van der Waals surface area contributed by atoms with E-state index < -0.39 is 5.91 Å². The fourth-order valence-electron chi connectivity index (χ4n) is 4.58. The fourth-order valence-corrected chi connectivity index (χ4v) is 4.58. The van der Waals surface area contributed by atoms with E-state index in [2.05, 4.69) is 20.6 Å². The number of rotatable bonds is 6. The summed E-state index contributed by atoms with van der Waals surface area (Å²) in [6, 6.07) is 4.78. The predicted octanol–water partition coefficient (Wildman–Crippen LogP) is 2.03. The molecule has 1 saturated heterocycles.